The van der Waals surface area contributed by atoms with Gasteiger partial charge < -0.3 is 9.15 Å². The van der Waals surface area contributed by atoms with Gasteiger partial charge in [0, 0.05) is 25.1 Å². The van der Waals surface area contributed by atoms with E-state index < -0.39 is 17.6 Å². The number of esters is 1. The third-order valence-corrected chi connectivity index (χ3v) is 5.32. The fourth-order valence-corrected chi connectivity index (χ4v) is 3.80. The molecular formula is C26H19F2N3O3. The van der Waals surface area contributed by atoms with Crippen LogP contribution in [0.15, 0.2) is 77.5 Å². The average molecular weight is 459 g/mol. The number of nitrogens with zero attached hydrogens (tertiary/aromatic N) is 3. The lowest BCUT2D eigenvalue weighted by atomic mass is 10.1. The first kappa shape index (κ1) is 21.5. The van der Waals surface area contributed by atoms with Gasteiger partial charge in [-0.25, -0.2) is 18.7 Å². The highest BCUT2D eigenvalue weighted by atomic mass is 19.2. The number of hydrogen-bond donors (Lipinski definition) is 0. The number of rotatable bonds is 6. The summed E-state index contributed by atoms with van der Waals surface area (Å²) >= 11 is 0. The third kappa shape index (κ3) is 4.17. The SMILES string of the molecule is CC(=O)Oc1c(Cc2ccco2)nc2c(Cc3cccc(F)c3F)nc(-c3ccccc3)cn12. The van der Waals surface area contributed by atoms with Crippen molar-refractivity contribution >= 4 is 11.6 Å². The normalized spacial score (nSPS) is 11.1. The predicted molar refractivity (Wildman–Crippen MR) is 120 cm³/mol. The topological polar surface area (TPSA) is 69.6 Å². The Kier molecular flexibility index (Phi) is 5.63. The Morgan fingerprint density at radius 3 is 2.53 bits per heavy atom. The van der Waals surface area contributed by atoms with Gasteiger partial charge in [0.25, 0.3) is 0 Å². The lowest BCUT2D eigenvalue weighted by molar-refractivity contribution is -0.132. The van der Waals surface area contributed by atoms with Crippen LogP contribution < -0.4 is 4.74 Å². The largest absolute Gasteiger partial charge is 0.469 e. The van der Waals surface area contributed by atoms with Gasteiger partial charge in [0.15, 0.2) is 17.3 Å². The minimum Gasteiger partial charge on any atom is -0.469 e. The van der Waals surface area contributed by atoms with Crippen molar-refractivity contribution in [3.8, 4) is 17.1 Å². The van der Waals surface area contributed by atoms with Crippen LogP contribution in [0.25, 0.3) is 16.9 Å². The van der Waals surface area contributed by atoms with E-state index in [1.807, 2.05) is 30.3 Å². The molecule has 0 aliphatic heterocycles. The number of benzene rings is 2. The van der Waals surface area contributed by atoms with Crippen LogP contribution in [0.3, 0.4) is 0 Å². The quantitative estimate of drug-likeness (QED) is 0.319. The first-order valence-electron chi connectivity index (χ1n) is 10.6. The van der Waals surface area contributed by atoms with E-state index in [0.29, 0.717) is 28.5 Å². The number of furan rings is 1. The summed E-state index contributed by atoms with van der Waals surface area (Å²) in [6.07, 6.45) is 3.52. The molecule has 0 saturated carbocycles. The molecular weight excluding hydrogens is 440 g/mol. The molecule has 6 nitrogen and oxygen atoms in total. The van der Waals surface area contributed by atoms with Gasteiger partial charge in [-0.2, -0.15) is 0 Å². The minimum atomic E-state index is -0.935. The number of fused-ring (bicyclic) bond motifs is 1. The lowest BCUT2D eigenvalue weighted by Crippen LogP contribution is -2.07. The van der Waals surface area contributed by atoms with Crippen LogP contribution in [0.5, 0.6) is 5.88 Å². The van der Waals surface area contributed by atoms with E-state index in [-0.39, 0.29) is 24.3 Å². The molecule has 0 bridgehead atoms. The maximum atomic E-state index is 14.5. The third-order valence-electron chi connectivity index (χ3n) is 5.32. The Morgan fingerprint density at radius 1 is 0.971 bits per heavy atom. The maximum absolute atomic E-state index is 14.5. The highest BCUT2D eigenvalue weighted by molar-refractivity contribution is 5.70. The summed E-state index contributed by atoms with van der Waals surface area (Å²) in [6, 6.07) is 17.0. The molecule has 0 spiro atoms. The number of carbonyl (C=O) groups excluding carboxylic acids is 1. The molecule has 0 unspecified atom stereocenters. The molecule has 0 saturated heterocycles. The summed E-state index contributed by atoms with van der Waals surface area (Å²) in [6.45, 7) is 1.30. The Hall–Kier alpha value is -4.33. The van der Waals surface area contributed by atoms with Gasteiger partial charge in [0.1, 0.15) is 11.5 Å². The molecule has 8 heteroatoms. The average Bonchev–Trinajstić information content (AvgIpc) is 3.46. The number of halogens is 2. The van der Waals surface area contributed by atoms with E-state index in [0.717, 1.165) is 11.6 Å². The molecule has 34 heavy (non-hydrogen) atoms. The zero-order valence-electron chi connectivity index (χ0n) is 18.2. The molecule has 0 atom stereocenters. The Labute approximate surface area is 193 Å². The van der Waals surface area contributed by atoms with E-state index >= 15 is 0 Å². The number of imidazole rings is 1. The van der Waals surface area contributed by atoms with Crippen LogP contribution in [0.4, 0.5) is 8.78 Å². The van der Waals surface area contributed by atoms with Crippen molar-refractivity contribution in [1.29, 1.82) is 0 Å². The minimum absolute atomic E-state index is 0.00944. The Bertz CT molecular complexity index is 1480. The summed E-state index contributed by atoms with van der Waals surface area (Å²) in [5.41, 5.74) is 2.75. The summed E-state index contributed by atoms with van der Waals surface area (Å²) in [7, 11) is 0. The molecule has 0 fully saturated rings. The van der Waals surface area contributed by atoms with E-state index in [1.54, 1.807) is 29.0 Å². The number of hydrogen-bond acceptors (Lipinski definition) is 5. The molecule has 2 aromatic carbocycles. The molecule has 3 heterocycles. The van der Waals surface area contributed by atoms with Gasteiger partial charge >= 0.3 is 5.97 Å². The van der Waals surface area contributed by atoms with Gasteiger partial charge in [0.2, 0.25) is 5.88 Å². The second-order valence-electron chi connectivity index (χ2n) is 7.74. The van der Waals surface area contributed by atoms with Crippen LogP contribution in [-0.2, 0) is 17.6 Å². The molecule has 170 valence electrons. The van der Waals surface area contributed by atoms with Crippen molar-refractivity contribution in [3.63, 3.8) is 0 Å². The fraction of sp³-hybridized carbons (Fsp3) is 0.115. The van der Waals surface area contributed by atoms with Crippen LogP contribution in [-0.4, -0.2) is 20.3 Å². The van der Waals surface area contributed by atoms with Gasteiger partial charge in [-0.1, -0.05) is 42.5 Å². The highest BCUT2D eigenvalue weighted by Gasteiger charge is 2.22. The molecule has 0 amide bonds. The van der Waals surface area contributed by atoms with Gasteiger partial charge in [-0.3, -0.25) is 9.20 Å². The summed E-state index contributed by atoms with van der Waals surface area (Å²) in [5.74, 6) is -1.53. The van der Waals surface area contributed by atoms with Crippen molar-refractivity contribution in [3.05, 3.63) is 107 Å². The van der Waals surface area contributed by atoms with Crippen LogP contribution in [0, 0.1) is 11.6 Å². The van der Waals surface area contributed by atoms with E-state index in [9.17, 15) is 13.6 Å². The van der Waals surface area contributed by atoms with E-state index in [1.165, 1.54) is 19.1 Å². The number of aromatic nitrogens is 3. The molecule has 0 N–H and O–H groups in total. The Balaban J connectivity index is 1.73. The summed E-state index contributed by atoms with van der Waals surface area (Å²) < 4.78 is 41.0. The maximum Gasteiger partial charge on any atom is 0.309 e. The van der Waals surface area contributed by atoms with Crippen LogP contribution in [0.2, 0.25) is 0 Å². The van der Waals surface area contributed by atoms with E-state index in [2.05, 4.69) is 4.98 Å². The molecule has 3 aromatic heterocycles. The van der Waals surface area contributed by atoms with Gasteiger partial charge in [-0.15, -0.1) is 0 Å². The predicted octanol–water partition coefficient (Wildman–Crippen LogP) is 5.37. The molecule has 0 aliphatic rings. The molecule has 5 rings (SSSR count). The highest BCUT2D eigenvalue weighted by Crippen LogP contribution is 2.30. The zero-order chi connectivity index (χ0) is 23.7. The Morgan fingerprint density at radius 2 is 1.79 bits per heavy atom. The van der Waals surface area contributed by atoms with Crippen LogP contribution >= 0.6 is 0 Å². The van der Waals surface area contributed by atoms with Crippen molar-refractivity contribution in [1.82, 2.24) is 14.4 Å². The van der Waals surface area contributed by atoms with Crippen molar-refractivity contribution in [2.45, 2.75) is 19.8 Å². The fourth-order valence-electron chi connectivity index (χ4n) is 3.80. The van der Waals surface area contributed by atoms with Gasteiger partial charge in [0.05, 0.1) is 24.1 Å². The zero-order valence-corrected chi connectivity index (χ0v) is 18.2. The first-order chi connectivity index (χ1) is 16.5. The smallest absolute Gasteiger partial charge is 0.309 e. The number of carbonyl (C=O) groups is 1. The van der Waals surface area contributed by atoms with Gasteiger partial charge in [-0.05, 0) is 23.8 Å². The standard InChI is InChI=1S/C26H19F2N3O3/c1-16(32)34-26-22(14-19-10-6-12-33-19)30-25-21(13-18-9-5-11-20(27)24(18)28)29-23(15-31(25)26)17-7-3-2-4-8-17/h2-12,15H,13-14H2,1H3. The molecule has 5 aromatic rings. The molecule has 0 radical (unpaired) electrons. The second kappa shape index (κ2) is 8.90. The second-order valence-corrected chi connectivity index (χ2v) is 7.74. The van der Waals surface area contributed by atoms with E-state index in [4.69, 9.17) is 14.1 Å². The first-order valence-corrected chi connectivity index (χ1v) is 10.6. The lowest BCUT2D eigenvalue weighted by Gasteiger charge is -2.10. The molecule has 0 aliphatic carbocycles. The monoisotopic (exact) mass is 459 g/mol. The van der Waals surface area contributed by atoms with Crippen LogP contribution in [0.1, 0.15) is 29.6 Å². The number of ether oxygens (including phenoxy) is 1. The summed E-state index contributed by atoms with van der Waals surface area (Å²) in [4.78, 5) is 21.3. The van der Waals surface area contributed by atoms with Crippen molar-refractivity contribution in [2.24, 2.45) is 0 Å². The summed E-state index contributed by atoms with van der Waals surface area (Å²) in [5, 5.41) is 0. The van der Waals surface area contributed by atoms with Crippen molar-refractivity contribution < 1.29 is 22.7 Å². The van der Waals surface area contributed by atoms with Crippen molar-refractivity contribution in [2.75, 3.05) is 0 Å².